The lowest BCUT2D eigenvalue weighted by Gasteiger charge is -2.35. The molecule has 14 aromatic carbocycles. The summed E-state index contributed by atoms with van der Waals surface area (Å²) in [6.07, 6.45) is 0. The van der Waals surface area contributed by atoms with Crippen molar-refractivity contribution in [2.75, 3.05) is 0 Å². The van der Waals surface area contributed by atoms with Crippen LogP contribution in [0.1, 0.15) is 0 Å². The fraction of sp³-hybridized carbons (Fsp3) is 0. The molecule has 4 aromatic heterocycles. The van der Waals surface area contributed by atoms with Crippen LogP contribution in [0.15, 0.2) is 340 Å². The largest absolute Gasteiger partial charge is 0.309 e. The predicted molar refractivity (Wildman–Crippen MR) is 378 cm³/mol. The van der Waals surface area contributed by atoms with Crippen LogP contribution in [0.25, 0.3) is 132 Å². The van der Waals surface area contributed by atoms with Crippen molar-refractivity contribution in [1.29, 1.82) is 0 Å². The van der Waals surface area contributed by atoms with Crippen LogP contribution in [0.4, 0.5) is 0 Å². The van der Waals surface area contributed by atoms with Crippen LogP contribution in [0.5, 0.6) is 0 Å². The molecule has 89 heavy (non-hydrogen) atoms. The molecule has 0 atom stereocenters. The summed E-state index contributed by atoms with van der Waals surface area (Å²) in [5, 5.41) is 15.2. The molecule has 0 fully saturated rings. The van der Waals surface area contributed by atoms with Crippen molar-refractivity contribution in [2.45, 2.75) is 0 Å². The third-order valence-electron chi connectivity index (χ3n) is 18.9. The van der Waals surface area contributed by atoms with Gasteiger partial charge in [-0.15, -0.1) is 0 Å². The number of aromatic nitrogens is 4. The van der Waals surface area contributed by atoms with Gasteiger partial charge in [-0.05, 0) is 140 Å². The molecule has 0 saturated carbocycles. The summed E-state index contributed by atoms with van der Waals surface area (Å²) in [6, 6.07) is 127. The molecule has 4 nitrogen and oxygen atoms in total. The zero-order valence-corrected chi connectivity index (χ0v) is 49.6. The highest BCUT2D eigenvalue weighted by Crippen LogP contribution is 2.41. The van der Waals surface area contributed by atoms with E-state index in [1.807, 2.05) is 0 Å². The summed E-state index contributed by atoms with van der Waals surface area (Å²) in [6.45, 7) is 0. The molecule has 0 saturated heterocycles. The number of para-hydroxylation sites is 6. The Morgan fingerprint density at radius 1 is 0.157 bits per heavy atom. The van der Waals surface area contributed by atoms with Gasteiger partial charge in [-0.3, -0.25) is 0 Å². The molecule has 0 unspecified atom stereocenters. The van der Waals surface area contributed by atoms with Gasteiger partial charge in [0, 0.05) is 65.8 Å². The van der Waals surface area contributed by atoms with Crippen LogP contribution in [0.2, 0.25) is 0 Å². The number of benzene rings is 14. The van der Waals surface area contributed by atoms with Crippen LogP contribution in [0.3, 0.4) is 0 Å². The Morgan fingerprint density at radius 3 is 0.876 bits per heavy atom. The molecule has 5 heteroatoms. The van der Waals surface area contributed by atoms with Crippen molar-refractivity contribution in [3.8, 4) is 45.0 Å². The zero-order valence-electron chi connectivity index (χ0n) is 48.6. The maximum absolute atomic E-state index is 3.06. The van der Waals surface area contributed by atoms with E-state index in [0.717, 1.165) is 50.5 Å². The normalized spacial score (nSPS) is 12.0. The zero-order chi connectivity index (χ0) is 58.6. The Labute approximate surface area is 515 Å². The van der Waals surface area contributed by atoms with E-state index in [0.29, 0.717) is 0 Å². The van der Waals surface area contributed by atoms with E-state index in [-0.39, 0.29) is 0 Å². The molecule has 0 amide bonds. The minimum Gasteiger partial charge on any atom is -0.309 e. The topological polar surface area (TPSA) is 19.7 Å². The highest BCUT2D eigenvalue weighted by Gasteiger charge is 2.42. The van der Waals surface area contributed by atoms with Gasteiger partial charge in [-0.2, -0.15) is 0 Å². The number of hydrogen-bond acceptors (Lipinski definition) is 0. The minimum atomic E-state index is -3.06. The van der Waals surface area contributed by atoms with Crippen LogP contribution in [0, 0.1) is 0 Å². The minimum absolute atomic E-state index is 1.12. The molecule has 0 aliphatic rings. The van der Waals surface area contributed by atoms with Gasteiger partial charge < -0.3 is 18.3 Å². The second kappa shape index (κ2) is 20.3. The Balaban J connectivity index is 0.819. The van der Waals surface area contributed by atoms with Crippen molar-refractivity contribution in [3.05, 3.63) is 340 Å². The summed E-state index contributed by atoms with van der Waals surface area (Å²) in [7, 11) is -3.06. The Bertz CT molecular complexity index is 5600. The Hall–Kier alpha value is -11.5. The molecular formula is C84H56N4Si. The van der Waals surface area contributed by atoms with E-state index in [1.165, 1.54) is 103 Å². The molecular weight excluding hydrogens is 1090 g/mol. The van der Waals surface area contributed by atoms with Crippen molar-refractivity contribution in [3.63, 3.8) is 0 Å². The van der Waals surface area contributed by atoms with Gasteiger partial charge in [0.05, 0.1) is 44.1 Å². The highest BCUT2D eigenvalue weighted by atomic mass is 28.3. The molecule has 18 rings (SSSR count). The lowest BCUT2D eigenvalue weighted by molar-refractivity contribution is 1.14. The first-order valence-electron chi connectivity index (χ1n) is 30.7. The lowest BCUT2D eigenvalue weighted by Crippen LogP contribution is -2.74. The molecule has 0 bridgehead atoms. The molecule has 4 heterocycles. The molecule has 0 aliphatic heterocycles. The second-order valence-corrected chi connectivity index (χ2v) is 27.4. The van der Waals surface area contributed by atoms with Gasteiger partial charge in [0.15, 0.2) is 8.07 Å². The summed E-state index contributed by atoms with van der Waals surface area (Å²) in [5.41, 5.74) is 18.6. The average molecular weight is 1150 g/mol. The first-order valence-corrected chi connectivity index (χ1v) is 32.7. The number of fused-ring (bicyclic) bond motifs is 12. The first-order chi connectivity index (χ1) is 44.2. The smallest absolute Gasteiger partial charge is 0.179 e. The molecule has 0 spiro atoms. The maximum atomic E-state index is 2.53. The van der Waals surface area contributed by atoms with Gasteiger partial charge in [0.1, 0.15) is 0 Å². The van der Waals surface area contributed by atoms with Gasteiger partial charge in [-0.1, -0.05) is 243 Å². The van der Waals surface area contributed by atoms with E-state index in [9.17, 15) is 0 Å². The quantitative estimate of drug-likeness (QED) is 0.0961. The molecule has 416 valence electrons. The van der Waals surface area contributed by atoms with Gasteiger partial charge >= 0.3 is 0 Å². The third-order valence-corrected chi connectivity index (χ3v) is 23.6. The molecule has 0 aliphatic carbocycles. The Morgan fingerprint density at radius 2 is 0.461 bits per heavy atom. The third kappa shape index (κ3) is 7.85. The van der Waals surface area contributed by atoms with E-state index < -0.39 is 8.07 Å². The first kappa shape index (κ1) is 50.8. The SMILES string of the molecule is c1ccc([Si](c2ccccc2)(c2ccccc2)c2cc(-n3c4ccccc4c4ccccc43)cc(-n3c4ccccc4c4cc(-c5ccc6c7ccccc7n(-c7cccc(-c8cccc(-n9c%10ccccc%10c%10ccccc%109)c8)c7)c6c5)ccc43)c2)cc1. The predicted octanol–water partition coefficient (Wildman–Crippen LogP) is 18.8. The molecule has 0 radical (unpaired) electrons. The van der Waals surface area contributed by atoms with Crippen LogP contribution in [-0.4, -0.2) is 26.3 Å². The number of hydrogen-bond donors (Lipinski definition) is 0. The van der Waals surface area contributed by atoms with Gasteiger partial charge in [0.2, 0.25) is 0 Å². The highest BCUT2D eigenvalue weighted by molar-refractivity contribution is 7.20. The van der Waals surface area contributed by atoms with Gasteiger partial charge in [0.25, 0.3) is 0 Å². The maximum Gasteiger partial charge on any atom is 0.179 e. The lowest BCUT2D eigenvalue weighted by atomic mass is 10.0. The fourth-order valence-corrected chi connectivity index (χ4v) is 19.8. The van der Waals surface area contributed by atoms with Crippen LogP contribution < -0.4 is 20.7 Å². The summed E-state index contributed by atoms with van der Waals surface area (Å²) in [5.74, 6) is 0. The van der Waals surface area contributed by atoms with E-state index in [1.54, 1.807) is 0 Å². The summed E-state index contributed by atoms with van der Waals surface area (Å²) in [4.78, 5) is 0. The number of nitrogens with zero attached hydrogens (tertiary/aromatic N) is 4. The standard InChI is InChI=1S/C84H56N4Si/c1-4-28-65(29-5-1)89(66-30-6-2-7-31-66,67-32-8-3-9-33-67)68-55-63(87-80-43-19-12-36-71(80)72-37-13-20-44-81(72)87)54-64(56-68)88-82-45-21-15-39-74(82)76-52-59(47-49-83(76)88)60-46-48-75-73-38-14-18-42-79(73)86(84(75)53-60)62-27-23-25-58(51-62)57-24-22-26-61(50-57)85-77-40-16-10-34-69(77)70-35-11-17-41-78(70)85/h1-56H. The summed E-state index contributed by atoms with van der Waals surface area (Å²) >= 11 is 0. The average Bonchev–Trinajstić information content (AvgIpc) is 1.70. The van der Waals surface area contributed by atoms with Gasteiger partial charge in [-0.25, -0.2) is 0 Å². The van der Waals surface area contributed by atoms with Crippen molar-refractivity contribution < 1.29 is 0 Å². The van der Waals surface area contributed by atoms with Crippen LogP contribution in [-0.2, 0) is 0 Å². The van der Waals surface area contributed by atoms with Crippen molar-refractivity contribution in [1.82, 2.24) is 18.3 Å². The van der Waals surface area contributed by atoms with Crippen molar-refractivity contribution >= 4 is 116 Å². The fourth-order valence-electron chi connectivity index (χ4n) is 15.0. The van der Waals surface area contributed by atoms with Crippen LogP contribution >= 0.6 is 0 Å². The molecule has 0 N–H and O–H groups in total. The van der Waals surface area contributed by atoms with E-state index in [4.69, 9.17) is 0 Å². The van der Waals surface area contributed by atoms with E-state index in [2.05, 4.69) is 358 Å². The number of rotatable bonds is 10. The van der Waals surface area contributed by atoms with Crippen molar-refractivity contribution in [2.24, 2.45) is 0 Å². The monoisotopic (exact) mass is 1150 g/mol. The Kier molecular flexibility index (Phi) is 11.6. The second-order valence-electron chi connectivity index (χ2n) is 23.6. The summed E-state index contributed by atoms with van der Waals surface area (Å²) < 4.78 is 9.90. The van der Waals surface area contributed by atoms with E-state index >= 15 is 0 Å². The molecule has 18 aromatic rings.